The lowest BCUT2D eigenvalue weighted by molar-refractivity contribution is -0.130. The van der Waals surface area contributed by atoms with E-state index in [4.69, 9.17) is 4.98 Å². The van der Waals surface area contributed by atoms with Crippen LogP contribution in [0.15, 0.2) is 36.8 Å². The molecule has 0 radical (unpaired) electrons. The molecule has 144 valence electrons. The van der Waals surface area contributed by atoms with Gasteiger partial charge in [-0.15, -0.1) is 0 Å². The fraction of sp³-hybridized carbons (Fsp3) is 0.429. The quantitative estimate of drug-likeness (QED) is 0.687. The van der Waals surface area contributed by atoms with Crippen LogP contribution in [0.3, 0.4) is 0 Å². The molecule has 0 N–H and O–H groups in total. The number of hydrogen-bond donors (Lipinski definition) is 0. The van der Waals surface area contributed by atoms with Gasteiger partial charge in [0.1, 0.15) is 5.52 Å². The topological polar surface area (TPSA) is 67.2 Å². The van der Waals surface area contributed by atoms with Crippen molar-refractivity contribution in [2.75, 3.05) is 24.5 Å². The summed E-state index contributed by atoms with van der Waals surface area (Å²) < 4.78 is 1.92. The first-order valence-corrected chi connectivity index (χ1v) is 9.74. The molecule has 2 aromatic heterocycles. The van der Waals surface area contributed by atoms with Gasteiger partial charge in [0.2, 0.25) is 11.9 Å². The van der Waals surface area contributed by atoms with E-state index in [0.29, 0.717) is 11.8 Å². The highest BCUT2D eigenvalue weighted by atomic mass is 16.2. The van der Waals surface area contributed by atoms with Gasteiger partial charge in [0.25, 0.3) is 0 Å². The smallest absolute Gasteiger partial charge is 0.227 e. The molecule has 7 nitrogen and oxygen atoms in total. The number of rotatable bonds is 2. The number of carbonyl (C=O) groups is 1. The summed E-state index contributed by atoms with van der Waals surface area (Å²) in [7, 11) is 1.95. The number of anilines is 1. The number of likely N-dealkylation sites (tertiary alicyclic amines) is 1. The Morgan fingerprint density at radius 2 is 1.96 bits per heavy atom. The third-order valence-corrected chi connectivity index (χ3v) is 6.30. The molecule has 5 rings (SSSR count). The number of amides is 1. The van der Waals surface area contributed by atoms with Gasteiger partial charge >= 0.3 is 0 Å². The zero-order valence-electron chi connectivity index (χ0n) is 16.4. The van der Waals surface area contributed by atoms with E-state index in [2.05, 4.69) is 51.0 Å². The predicted octanol–water partition coefficient (Wildman–Crippen LogP) is 2.33. The van der Waals surface area contributed by atoms with Gasteiger partial charge in [-0.05, 0) is 18.1 Å². The molecule has 2 saturated heterocycles. The van der Waals surface area contributed by atoms with Gasteiger partial charge in [-0.2, -0.15) is 4.98 Å². The van der Waals surface area contributed by atoms with Crippen LogP contribution < -0.4 is 4.90 Å². The SMILES string of the molecule is CC(=O)N1C[C@H]2CN(c3ncc4ncn(C)c4n3)C[C@H]2[C@H]1c1ccccc1C. The summed E-state index contributed by atoms with van der Waals surface area (Å²) in [5.74, 6) is 1.72. The number of benzene rings is 1. The fourth-order valence-corrected chi connectivity index (χ4v) is 4.91. The normalized spacial score (nSPS) is 24.2. The molecule has 0 unspecified atom stereocenters. The maximum atomic E-state index is 12.4. The molecular weight excluding hydrogens is 352 g/mol. The van der Waals surface area contributed by atoms with Crippen LogP contribution >= 0.6 is 0 Å². The van der Waals surface area contributed by atoms with Crippen LogP contribution in [-0.4, -0.2) is 50.0 Å². The lowest BCUT2D eigenvalue weighted by atomic mass is 9.87. The molecule has 2 fully saturated rings. The number of hydrogen-bond acceptors (Lipinski definition) is 5. The summed E-state index contributed by atoms with van der Waals surface area (Å²) in [5.41, 5.74) is 4.16. The Bertz CT molecular complexity index is 1060. The van der Waals surface area contributed by atoms with Gasteiger partial charge in [0.05, 0.1) is 18.6 Å². The van der Waals surface area contributed by atoms with Crippen molar-refractivity contribution in [3.8, 4) is 0 Å². The highest BCUT2D eigenvalue weighted by molar-refractivity contribution is 5.75. The minimum Gasteiger partial charge on any atom is -0.340 e. The number of aromatic nitrogens is 4. The van der Waals surface area contributed by atoms with Gasteiger partial charge in [-0.1, -0.05) is 24.3 Å². The first-order valence-electron chi connectivity index (χ1n) is 9.74. The van der Waals surface area contributed by atoms with Crippen LogP contribution in [0, 0.1) is 18.8 Å². The first kappa shape index (κ1) is 17.2. The molecule has 7 heteroatoms. The summed E-state index contributed by atoms with van der Waals surface area (Å²) in [4.78, 5) is 30.3. The van der Waals surface area contributed by atoms with Crippen molar-refractivity contribution in [2.45, 2.75) is 19.9 Å². The second kappa shape index (κ2) is 6.29. The molecular formula is C21H24N6O. The van der Waals surface area contributed by atoms with Crippen LogP contribution in [0.2, 0.25) is 0 Å². The van der Waals surface area contributed by atoms with Crippen molar-refractivity contribution in [1.82, 2.24) is 24.4 Å². The molecule has 3 atom stereocenters. The van der Waals surface area contributed by atoms with Gasteiger partial charge < -0.3 is 14.4 Å². The van der Waals surface area contributed by atoms with Crippen molar-refractivity contribution in [2.24, 2.45) is 18.9 Å². The zero-order valence-corrected chi connectivity index (χ0v) is 16.4. The van der Waals surface area contributed by atoms with Gasteiger partial charge in [0, 0.05) is 45.4 Å². The second-order valence-electron chi connectivity index (χ2n) is 8.04. The summed E-state index contributed by atoms with van der Waals surface area (Å²) in [6, 6.07) is 8.54. The molecule has 0 saturated carbocycles. The van der Waals surface area contributed by atoms with Crippen LogP contribution in [-0.2, 0) is 11.8 Å². The standard InChI is InChI=1S/C21H24N6O/c1-13-6-4-5-7-16(13)19-17-11-26(9-15(17)10-27(19)14(2)28)21-22-8-18-20(24-21)25(3)12-23-18/h4-8,12,15,17,19H,9-11H2,1-3H3/t15-,17-,19-/m1/s1. The molecule has 1 aromatic carbocycles. The van der Waals surface area contributed by atoms with Crippen LogP contribution in [0.1, 0.15) is 24.1 Å². The second-order valence-corrected chi connectivity index (χ2v) is 8.04. The van der Waals surface area contributed by atoms with Gasteiger partial charge in [0.15, 0.2) is 5.65 Å². The van der Waals surface area contributed by atoms with E-state index in [-0.39, 0.29) is 11.9 Å². The van der Waals surface area contributed by atoms with Crippen LogP contribution in [0.5, 0.6) is 0 Å². The van der Waals surface area contributed by atoms with Crippen LogP contribution in [0.4, 0.5) is 5.95 Å². The fourth-order valence-electron chi connectivity index (χ4n) is 4.91. The number of aryl methyl sites for hydroxylation is 2. The number of fused-ring (bicyclic) bond motifs is 2. The third-order valence-electron chi connectivity index (χ3n) is 6.30. The van der Waals surface area contributed by atoms with E-state index >= 15 is 0 Å². The van der Waals surface area contributed by atoms with Crippen molar-refractivity contribution in [1.29, 1.82) is 0 Å². The molecule has 4 heterocycles. The Morgan fingerprint density at radius 3 is 2.75 bits per heavy atom. The van der Waals surface area contributed by atoms with E-state index < -0.39 is 0 Å². The Morgan fingerprint density at radius 1 is 1.14 bits per heavy atom. The highest BCUT2D eigenvalue weighted by Gasteiger charge is 2.49. The Labute approximate surface area is 164 Å². The number of nitrogens with zero attached hydrogens (tertiary/aromatic N) is 6. The molecule has 1 amide bonds. The predicted molar refractivity (Wildman–Crippen MR) is 107 cm³/mol. The first-order chi connectivity index (χ1) is 13.5. The molecule has 0 bridgehead atoms. The summed E-state index contributed by atoms with van der Waals surface area (Å²) in [5, 5.41) is 0. The van der Waals surface area contributed by atoms with Gasteiger partial charge in [-0.25, -0.2) is 9.97 Å². The molecule has 2 aliphatic heterocycles. The van der Waals surface area contributed by atoms with Crippen molar-refractivity contribution < 1.29 is 4.79 Å². The monoisotopic (exact) mass is 376 g/mol. The van der Waals surface area contributed by atoms with Crippen LogP contribution in [0.25, 0.3) is 11.2 Å². The van der Waals surface area contributed by atoms with E-state index in [1.165, 1.54) is 11.1 Å². The molecule has 28 heavy (non-hydrogen) atoms. The van der Waals surface area contributed by atoms with E-state index in [0.717, 1.165) is 36.7 Å². The average Bonchev–Trinajstić information content (AvgIpc) is 3.35. The number of imidazole rings is 1. The highest BCUT2D eigenvalue weighted by Crippen LogP contribution is 2.46. The van der Waals surface area contributed by atoms with E-state index in [9.17, 15) is 4.79 Å². The lowest BCUT2D eigenvalue weighted by Gasteiger charge is -2.30. The van der Waals surface area contributed by atoms with Gasteiger partial charge in [-0.3, -0.25) is 4.79 Å². The Balaban J connectivity index is 1.48. The number of carbonyl (C=O) groups excluding carboxylic acids is 1. The lowest BCUT2D eigenvalue weighted by Crippen LogP contribution is -2.35. The molecule has 3 aromatic rings. The minimum absolute atomic E-state index is 0.120. The summed E-state index contributed by atoms with van der Waals surface area (Å²) in [6.07, 6.45) is 3.56. The molecule has 0 aliphatic carbocycles. The zero-order chi connectivity index (χ0) is 19.4. The summed E-state index contributed by atoms with van der Waals surface area (Å²) in [6.45, 7) is 6.34. The van der Waals surface area contributed by atoms with Crippen molar-refractivity contribution >= 4 is 23.0 Å². The Hall–Kier alpha value is -2.96. The average molecular weight is 376 g/mol. The Kier molecular flexibility index (Phi) is 3.86. The van der Waals surface area contributed by atoms with Crippen molar-refractivity contribution in [3.05, 3.63) is 47.9 Å². The summed E-state index contributed by atoms with van der Waals surface area (Å²) >= 11 is 0. The van der Waals surface area contributed by atoms with E-state index in [1.54, 1.807) is 19.4 Å². The molecule has 2 aliphatic rings. The minimum atomic E-state index is 0.120. The molecule has 0 spiro atoms. The third kappa shape index (κ3) is 2.57. The largest absolute Gasteiger partial charge is 0.340 e. The maximum Gasteiger partial charge on any atom is 0.227 e. The van der Waals surface area contributed by atoms with Crippen molar-refractivity contribution in [3.63, 3.8) is 0 Å². The maximum absolute atomic E-state index is 12.4. The van der Waals surface area contributed by atoms with E-state index in [1.807, 2.05) is 11.6 Å².